The predicted molar refractivity (Wildman–Crippen MR) is 159 cm³/mol. The van der Waals surface area contributed by atoms with E-state index in [-0.39, 0.29) is 35.2 Å². The van der Waals surface area contributed by atoms with E-state index in [9.17, 15) is 33.3 Å². The molecule has 5 rings (SSSR count). The van der Waals surface area contributed by atoms with Gasteiger partial charge in [0.25, 0.3) is 0 Å². The Labute approximate surface area is 250 Å². The largest absolute Gasteiger partial charge is 0.492 e. The van der Waals surface area contributed by atoms with E-state index in [4.69, 9.17) is 20.4 Å². The molecule has 0 unspecified atom stereocenters. The Hall–Kier alpha value is -5.34. The van der Waals surface area contributed by atoms with Gasteiger partial charge in [0.05, 0.1) is 10.9 Å². The Morgan fingerprint density at radius 2 is 1.68 bits per heavy atom. The number of hydrogen-bond acceptors (Lipinski definition) is 10. The number of benzene rings is 3. The van der Waals surface area contributed by atoms with E-state index in [1.54, 1.807) is 30.3 Å². The fourth-order valence-electron chi connectivity index (χ4n) is 4.88. The van der Waals surface area contributed by atoms with Gasteiger partial charge < -0.3 is 30.3 Å². The van der Waals surface area contributed by atoms with Crippen LogP contribution in [0.3, 0.4) is 0 Å². The number of hydrogen-bond donors (Lipinski definition) is 6. The first-order valence-corrected chi connectivity index (χ1v) is 14.9. The van der Waals surface area contributed by atoms with E-state index in [1.807, 2.05) is 0 Å². The highest BCUT2D eigenvalue weighted by atomic mass is 32.2. The minimum Gasteiger partial charge on any atom is -0.492 e. The van der Waals surface area contributed by atoms with Crippen LogP contribution in [0.15, 0.2) is 76.0 Å². The lowest BCUT2D eigenvalue weighted by Gasteiger charge is -2.19. The van der Waals surface area contributed by atoms with Gasteiger partial charge in [-0.25, -0.2) is 22.7 Å². The van der Waals surface area contributed by atoms with Crippen LogP contribution < -0.4 is 20.7 Å². The zero-order valence-corrected chi connectivity index (χ0v) is 23.9. The van der Waals surface area contributed by atoms with Crippen LogP contribution in [-0.4, -0.2) is 47.0 Å². The number of sulfonamides is 1. The third-order valence-corrected chi connectivity index (χ3v) is 8.43. The Morgan fingerprint density at radius 3 is 2.41 bits per heavy atom. The standard InChI is InChI=1S/C30H28N4O9S/c31-17-9-10-20-23(16-17)42-28-21(27(20)18-6-3-4-7-19(18)30(38)39)11-12-22(32)29(28)44(40,41)33-15-5-1-2-8-26(37)43-34-24(35)13-14-25(34)36/h3-4,6-7,9-14,16,32-33,35-36H,1-2,5,8,15,31H2,(H,38,39). The van der Waals surface area contributed by atoms with Crippen molar-refractivity contribution >= 4 is 38.6 Å². The average Bonchev–Trinajstić information content (AvgIpc) is 3.29. The molecule has 1 aliphatic heterocycles. The number of aromatic hydroxyl groups is 2. The van der Waals surface area contributed by atoms with Crippen molar-refractivity contribution in [3.63, 3.8) is 0 Å². The predicted octanol–water partition coefficient (Wildman–Crippen LogP) is 3.67. The molecular formula is C30H28N4O9S. The molecule has 0 radical (unpaired) electrons. The summed E-state index contributed by atoms with van der Waals surface area (Å²) < 4.78 is 36.2. The first-order chi connectivity index (χ1) is 21.0. The normalized spacial score (nSPS) is 11.6. The van der Waals surface area contributed by atoms with Gasteiger partial charge in [-0.15, -0.1) is 4.73 Å². The van der Waals surface area contributed by atoms with Gasteiger partial charge in [-0.3, -0.25) is 5.41 Å². The monoisotopic (exact) mass is 620 g/mol. The minimum atomic E-state index is -4.30. The summed E-state index contributed by atoms with van der Waals surface area (Å²) in [6.07, 6.45) is 1.09. The highest BCUT2D eigenvalue weighted by molar-refractivity contribution is 7.89. The molecule has 2 aromatic carbocycles. The van der Waals surface area contributed by atoms with Gasteiger partial charge in [0.1, 0.15) is 5.58 Å². The molecule has 7 N–H and O–H groups in total. The lowest BCUT2D eigenvalue weighted by Crippen LogP contribution is -2.30. The number of nitrogen functional groups attached to an aromatic ring is 1. The number of carboxylic acids is 1. The molecule has 0 amide bonds. The maximum absolute atomic E-state index is 13.5. The number of carbonyl (C=O) groups excluding carboxylic acids is 1. The molecule has 0 saturated carbocycles. The Bertz CT molecular complexity index is 2010. The Balaban J connectivity index is 1.39. The highest BCUT2D eigenvalue weighted by Crippen LogP contribution is 2.43. The van der Waals surface area contributed by atoms with Crippen LogP contribution in [0.5, 0.6) is 11.8 Å². The smallest absolute Gasteiger partial charge is 0.336 e. The van der Waals surface area contributed by atoms with E-state index in [0.29, 0.717) is 51.8 Å². The summed E-state index contributed by atoms with van der Waals surface area (Å²) in [7, 11) is -4.30. The molecule has 0 spiro atoms. The lowest BCUT2D eigenvalue weighted by molar-refractivity contribution is -0.145. The van der Waals surface area contributed by atoms with Crippen molar-refractivity contribution in [2.75, 3.05) is 12.3 Å². The van der Waals surface area contributed by atoms with Crippen LogP contribution in [0.1, 0.15) is 36.0 Å². The van der Waals surface area contributed by atoms with Crippen LogP contribution >= 0.6 is 0 Å². The van der Waals surface area contributed by atoms with Crippen molar-refractivity contribution in [1.82, 2.24) is 9.45 Å². The number of aromatic nitrogens is 1. The van der Waals surface area contributed by atoms with Crippen LogP contribution in [0.4, 0.5) is 5.69 Å². The number of nitrogens with one attached hydrogen (secondary N) is 2. The Kier molecular flexibility index (Phi) is 8.29. The number of nitrogens with zero attached hydrogens (tertiary/aromatic N) is 1. The molecule has 0 atom stereocenters. The average molecular weight is 621 g/mol. The second-order valence-corrected chi connectivity index (χ2v) is 11.6. The molecule has 13 nitrogen and oxygen atoms in total. The van der Waals surface area contributed by atoms with Crippen molar-refractivity contribution in [2.24, 2.45) is 0 Å². The quantitative estimate of drug-likeness (QED) is 0.0715. The van der Waals surface area contributed by atoms with Crippen molar-refractivity contribution in [1.29, 1.82) is 5.41 Å². The first-order valence-electron chi connectivity index (χ1n) is 13.4. The van der Waals surface area contributed by atoms with Gasteiger partial charge in [-0.2, -0.15) is 0 Å². The zero-order chi connectivity index (χ0) is 31.6. The van der Waals surface area contributed by atoms with E-state index >= 15 is 0 Å². The van der Waals surface area contributed by atoms with Gasteiger partial charge in [-0.1, -0.05) is 24.6 Å². The van der Waals surface area contributed by atoms with Crippen LogP contribution in [0.2, 0.25) is 0 Å². The summed E-state index contributed by atoms with van der Waals surface area (Å²) in [6.45, 7) is -0.0123. The zero-order valence-electron chi connectivity index (χ0n) is 23.1. The van der Waals surface area contributed by atoms with E-state index < -0.39 is 38.6 Å². The summed E-state index contributed by atoms with van der Waals surface area (Å²) >= 11 is 0. The third kappa shape index (κ3) is 5.93. The molecule has 0 fully saturated rings. The van der Waals surface area contributed by atoms with Crippen molar-refractivity contribution in [3.8, 4) is 34.2 Å². The van der Waals surface area contributed by atoms with Crippen LogP contribution in [0.25, 0.3) is 33.4 Å². The number of rotatable bonds is 11. The van der Waals surface area contributed by atoms with Gasteiger partial charge >= 0.3 is 11.9 Å². The maximum atomic E-state index is 13.5. The molecule has 3 aromatic rings. The Morgan fingerprint density at radius 1 is 0.955 bits per heavy atom. The number of fused-ring (bicyclic) bond motifs is 2. The molecule has 14 heteroatoms. The fraction of sp³-hybridized carbons (Fsp3) is 0.167. The molecule has 1 aliphatic carbocycles. The SMILES string of the molecule is N=c1ccc2c(-c3ccccc3C(=O)O)c3ccc(N)cc3oc-2c1S(=O)(=O)NCCCCCC(=O)On1c(O)ccc1O. The van der Waals surface area contributed by atoms with Crippen LogP contribution in [0, 0.1) is 5.41 Å². The summed E-state index contributed by atoms with van der Waals surface area (Å²) in [6, 6.07) is 16.3. The summed E-state index contributed by atoms with van der Waals surface area (Å²) in [5.74, 6) is -2.86. The third-order valence-electron chi connectivity index (χ3n) is 6.90. The summed E-state index contributed by atoms with van der Waals surface area (Å²) in [5, 5.41) is 37.7. The molecule has 0 saturated heterocycles. The summed E-state index contributed by atoms with van der Waals surface area (Å²) in [5.41, 5.74) is 7.59. The van der Waals surface area contributed by atoms with Crippen molar-refractivity contribution in [3.05, 3.63) is 77.7 Å². The van der Waals surface area contributed by atoms with Crippen molar-refractivity contribution in [2.45, 2.75) is 30.6 Å². The van der Waals surface area contributed by atoms with E-state index in [2.05, 4.69) is 4.72 Å². The topological polar surface area (TPSA) is 218 Å². The number of unbranched alkanes of at least 4 members (excludes halogenated alkanes) is 2. The number of anilines is 1. The number of carbonyl (C=O) groups is 2. The summed E-state index contributed by atoms with van der Waals surface area (Å²) in [4.78, 5) is 28.6. The molecule has 2 aliphatic rings. The number of carboxylic acid groups (broad SMARTS) is 1. The van der Waals surface area contributed by atoms with E-state index in [1.165, 1.54) is 24.3 Å². The maximum Gasteiger partial charge on any atom is 0.336 e. The highest BCUT2D eigenvalue weighted by Gasteiger charge is 2.29. The lowest BCUT2D eigenvalue weighted by atomic mass is 9.90. The van der Waals surface area contributed by atoms with Gasteiger partial charge in [-0.05, 0) is 48.7 Å². The van der Waals surface area contributed by atoms with Crippen molar-refractivity contribution < 1.29 is 42.6 Å². The fourth-order valence-corrected chi connectivity index (χ4v) is 6.19. The number of nitrogens with two attached hydrogens (primary N) is 1. The second-order valence-electron chi connectivity index (χ2n) is 9.92. The molecule has 2 heterocycles. The van der Waals surface area contributed by atoms with Crippen LogP contribution in [-0.2, 0) is 14.8 Å². The van der Waals surface area contributed by atoms with Gasteiger partial charge in [0, 0.05) is 53.4 Å². The molecule has 1 aromatic heterocycles. The van der Waals surface area contributed by atoms with Gasteiger partial charge in [0.15, 0.2) is 10.7 Å². The second kappa shape index (κ2) is 12.1. The van der Waals surface area contributed by atoms with E-state index in [0.717, 1.165) is 12.1 Å². The number of aromatic carboxylic acids is 1. The molecule has 228 valence electrons. The molecule has 44 heavy (non-hydrogen) atoms. The molecule has 0 bridgehead atoms. The first kappa shape index (κ1) is 30.1. The molecular weight excluding hydrogens is 592 g/mol. The minimum absolute atomic E-state index is 0.00134. The van der Waals surface area contributed by atoms with Gasteiger partial charge in [0.2, 0.25) is 21.8 Å².